The maximum absolute atomic E-state index is 10.8. The first-order chi connectivity index (χ1) is 8.08. The van der Waals surface area contributed by atoms with Gasteiger partial charge in [0.05, 0.1) is 4.92 Å². The molecule has 2 aromatic rings. The van der Waals surface area contributed by atoms with Gasteiger partial charge in [0.2, 0.25) is 0 Å². The van der Waals surface area contributed by atoms with Gasteiger partial charge in [-0.2, -0.15) is 15.4 Å². The molecule has 0 aliphatic carbocycles. The summed E-state index contributed by atoms with van der Waals surface area (Å²) in [6, 6.07) is 2.43. The fraction of sp³-hybridized carbons (Fsp3) is 0.125. The van der Waals surface area contributed by atoms with Gasteiger partial charge in [-0.05, 0) is 0 Å². The number of nitro benzene ring substituents is 1. The number of fused-ring (bicyclic) bond motifs is 1. The van der Waals surface area contributed by atoms with E-state index in [1.807, 2.05) is 0 Å². The van der Waals surface area contributed by atoms with Crippen molar-refractivity contribution in [2.45, 2.75) is 0 Å². The molecule has 2 rings (SSSR count). The maximum atomic E-state index is 10.8. The Bertz CT molecular complexity index is 598. The molecule has 98 valence electrons. The number of nitrogens with zero attached hydrogens (tertiary/aromatic N) is 3. The van der Waals surface area contributed by atoms with Crippen molar-refractivity contribution in [2.75, 3.05) is 6.61 Å². The van der Waals surface area contributed by atoms with E-state index in [0.29, 0.717) is 11.0 Å². The van der Waals surface area contributed by atoms with Crippen molar-refractivity contribution < 1.29 is 41.9 Å². The van der Waals surface area contributed by atoms with Crippen molar-refractivity contribution in [1.29, 1.82) is 0 Å². The molecule has 0 aliphatic rings. The van der Waals surface area contributed by atoms with Crippen molar-refractivity contribution in [3.8, 4) is 5.75 Å². The van der Waals surface area contributed by atoms with Crippen LogP contribution in [-0.4, -0.2) is 38.0 Å². The summed E-state index contributed by atoms with van der Waals surface area (Å²) in [5, 5.41) is 28.9. The van der Waals surface area contributed by atoms with Crippen molar-refractivity contribution >= 4 is 22.7 Å². The number of hydrogen-bond acceptors (Lipinski definition) is 6. The van der Waals surface area contributed by atoms with Crippen LogP contribution in [0.4, 0.5) is 5.69 Å². The Kier molecular flexibility index (Phi) is 4.37. The second kappa shape index (κ2) is 5.58. The Labute approximate surface area is 115 Å². The van der Waals surface area contributed by atoms with Crippen LogP contribution >= 0.6 is 0 Å². The van der Waals surface area contributed by atoms with Gasteiger partial charge in [-0.25, -0.2) is 4.79 Å². The summed E-state index contributed by atoms with van der Waals surface area (Å²) in [4.78, 5) is 20.4. The van der Waals surface area contributed by atoms with Gasteiger partial charge >= 0.3 is 34.0 Å². The molecule has 0 amide bonds. The molecule has 0 aliphatic heterocycles. The first-order valence-corrected chi connectivity index (χ1v) is 4.41. The number of aliphatic carboxylic acids is 1. The van der Waals surface area contributed by atoms with E-state index in [-0.39, 0.29) is 33.8 Å². The number of H-pyrrole nitrogens is 1. The van der Waals surface area contributed by atoms with E-state index in [2.05, 4.69) is 15.4 Å². The first-order valence-electron chi connectivity index (χ1n) is 4.41. The van der Waals surface area contributed by atoms with Crippen LogP contribution < -0.4 is 4.74 Å². The van der Waals surface area contributed by atoms with Gasteiger partial charge < -0.3 is 9.84 Å². The Morgan fingerprint density at radius 3 is 2.61 bits per heavy atom. The minimum absolute atomic E-state index is 0. The summed E-state index contributed by atoms with van der Waals surface area (Å²) >= 11 is 0. The van der Waals surface area contributed by atoms with Crippen molar-refractivity contribution in [3.05, 3.63) is 22.2 Å². The summed E-state index contributed by atoms with van der Waals surface area (Å²) in [5.74, 6) is -1.38. The number of nitro groups is 1. The molecule has 0 bridgehead atoms. The molecule has 1 aromatic heterocycles. The number of ether oxygens (including phenoxy) is 1. The summed E-state index contributed by atoms with van der Waals surface area (Å²) in [7, 11) is 0. The SMILES string of the molecule is O=C(O)COc1cc2n[nH]nc2cc1[N+](=O)[O-].[Ag+]. The van der Waals surface area contributed by atoms with Gasteiger partial charge in [0.1, 0.15) is 11.0 Å². The number of aromatic amines is 1. The molecule has 0 saturated carbocycles. The number of carboxylic acid groups (broad SMARTS) is 1. The van der Waals surface area contributed by atoms with Gasteiger partial charge in [-0.1, -0.05) is 0 Å². The number of benzene rings is 1. The predicted octanol–water partition coefficient (Wildman–Crippen LogP) is 0.327. The summed E-state index contributed by atoms with van der Waals surface area (Å²) in [6.07, 6.45) is 0. The van der Waals surface area contributed by atoms with Crippen LogP contribution in [0.1, 0.15) is 0 Å². The Balaban J connectivity index is 0.00000162. The molecule has 18 heavy (non-hydrogen) atoms. The zero-order valence-corrected chi connectivity index (χ0v) is 10.1. The van der Waals surface area contributed by atoms with Crippen LogP contribution in [0, 0.1) is 10.1 Å². The van der Waals surface area contributed by atoms with Crippen LogP contribution in [0.2, 0.25) is 0 Å². The summed E-state index contributed by atoms with van der Waals surface area (Å²) in [6.45, 7) is -0.663. The Morgan fingerprint density at radius 2 is 2.06 bits per heavy atom. The predicted molar refractivity (Wildman–Crippen MR) is 53.7 cm³/mol. The van der Waals surface area contributed by atoms with E-state index in [1.54, 1.807) is 0 Å². The van der Waals surface area contributed by atoms with E-state index >= 15 is 0 Å². The quantitative estimate of drug-likeness (QED) is 0.463. The summed E-state index contributed by atoms with van der Waals surface area (Å²) < 4.78 is 4.81. The van der Waals surface area contributed by atoms with Crippen LogP contribution in [-0.2, 0) is 27.2 Å². The van der Waals surface area contributed by atoms with Crippen molar-refractivity contribution in [2.24, 2.45) is 0 Å². The number of rotatable bonds is 4. The van der Waals surface area contributed by atoms with E-state index in [1.165, 1.54) is 6.07 Å². The van der Waals surface area contributed by atoms with Gasteiger partial charge in [0.15, 0.2) is 12.4 Å². The number of carboxylic acids is 1. The van der Waals surface area contributed by atoms with Crippen LogP contribution in [0.25, 0.3) is 11.0 Å². The smallest absolute Gasteiger partial charge is 0.479 e. The van der Waals surface area contributed by atoms with Crippen LogP contribution in [0.3, 0.4) is 0 Å². The zero-order valence-electron chi connectivity index (χ0n) is 8.59. The molecular weight excluding hydrogens is 340 g/mol. The van der Waals surface area contributed by atoms with Crippen molar-refractivity contribution in [3.63, 3.8) is 0 Å². The normalized spacial score (nSPS) is 9.78. The Morgan fingerprint density at radius 1 is 1.44 bits per heavy atom. The topological polar surface area (TPSA) is 131 Å². The molecule has 0 atom stereocenters. The summed E-state index contributed by atoms with van der Waals surface area (Å²) in [5.41, 5.74) is 0.308. The standard InChI is InChI=1S/C8H6N4O5.Ag/c13-8(14)3-17-7-2-5-4(9-11-10-5)1-6(7)12(15)16;/h1-2H,3H2,(H,13,14)(H,9,10,11);/q;+1. The number of nitrogens with one attached hydrogen (secondary N) is 1. The van der Waals surface area contributed by atoms with E-state index in [9.17, 15) is 14.9 Å². The molecule has 10 heteroatoms. The second-order valence-corrected chi connectivity index (χ2v) is 3.07. The van der Waals surface area contributed by atoms with E-state index in [0.717, 1.165) is 6.07 Å². The minimum Gasteiger partial charge on any atom is -0.479 e. The molecule has 1 heterocycles. The Hall–Kier alpha value is -1.97. The third-order valence-electron chi connectivity index (χ3n) is 1.94. The zero-order chi connectivity index (χ0) is 12.4. The third-order valence-corrected chi connectivity index (χ3v) is 1.94. The van der Waals surface area contributed by atoms with Crippen LogP contribution in [0.5, 0.6) is 5.75 Å². The molecule has 0 saturated heterocycles. The average molecular weight is 346 g/mol. The second-order valence-electron chi connectivity index (χ2n) is 3.07. The monoisotopic (exact) mass is 345 g/mol. The average Bonchev–Trinajstić information content (AvgIpc) is 2.71. The van der Waals surface area contributed by atoms with Crippen molar-refractivity contribution in [1.82, 2.24) is 15.4 Å². The number of aromatic nitrogens is 3. The fourth-order valence-electron chi connectivity index (χ4n) is 1.26. The molecule has 0 spiro atoms. The van der Waals surface area contributed by atoms with Gasteiger partial charge in [0, 0.05) is 12.1 Å². The fourth-order valence-corrected chi connectivity index (χ4v) is 1.26. The molecule has 2 N–H and O–H groups in total. The van der Waals surface area contributed by atoms with Gasteiger partial charge in [-0.3, -0.25) is 10.1 Å². The van der Waals surface area contributed by atoms with E-state index in [4.69, 9.17) is 9.84 Å². The molecule has 0 radical (unpaired) electrons. The maximum Gasteiger partial charge on any atom is 1.00 e. The molecule has 9 nitrogen and oxygen atoms in total. The van der Waals surface area contributed by atoms with E-state index < -0.39 is 17.5 Å². The van der Waals surface area contributed by atoms with Crippen LogP contribution in [0.15, 0.2) is 12.1 Å². The third kappa shape index (κ3) is 2.83. The first kappa shape index (κ1) is 14.1. The number of carbonyl (C=O) groups is 1. The number of hydrogen-bond donors (Lipinski definition) is 2. The largest absolute Gasteiger partial charge is 1.00 e. The molecule has 0 fully saturated rings. The van der Waals surface area contributed by atoms with Gasteiger partial charge in [-0.15, -0.1) is 0 Å². The van der Waals surface area contributed by atoms with Gasteiger partial charge in [0.25, 0.3) is 0 Å². The minimum atomic E-state index is -1.22. The molecular formula is C8H6AgN4O5+. The molecule has 0 unspecified atom stereocenters. The molecule has 1 aromatic carbocycles.